The van der Waals surface area contributed by atoms with Crippen LogP contribution in [0.2, 0.25) is 5.02 Å². The highest BCUT2D eigenvalue weighted by atomic mass is 79.9. The standard InChI is InChI=1S/C14H21BrClN/c1-4-14(5-2,6-3)17-10-11-9-12(15)7-8-13(11)16/h7-9,17H,4-6,10H2,1-3H3. The van der Waals surface area contributed by atoms with E-state index in [1.54, 1.807) is 0 Å². The molecule has 0 heterocycles. The van der Waals surface area contributed by atoms with Gasteiger partial charge in [0.2, 0.25) is 0 Å². The van der Waals surface area contributed by atoms with Crippen LogP contribution in [0.25, 0.3) is 0 Å². The number of hydrogen-bond acceptors (Lipinski definition) is 1. The molecule has 1 rings (SSSR count). The van der Waals surface area contributed by atoms with Crippen molar-refractivity contribution in [3.05, 3.63) is 33.3 Å². The van der Waals surface area contributed by atoms with Gasteiger partial charge in [-0.1, -0.05) is 48.3 Å². The Hall–Kier alpha value is -0.0500. The Morgan fingerprint density at radius 3 is 2.29 bits per heavy atom. The molecule has 0 aliphatic heterocycles. The van der Waals surface area contributed by atoms with Crippen LogP contribution >= 0.6 is 27.5 Å². The molecule has 3 heteroatoms. The maximum absolute atomic E-state index is 6.19. The third kappa shape index (κ3) is 3.97. The minimum atomic E-state index is 0.242. The van der Waals surface area contributed by atoms with Gasteiger partial charge in [-0.25, -0.2) is 0 Å². The molecule has 96 valence electrons. The fourth-order valence-corrected chi connectivity index (χ4v) is 2.68. The quantitative estimate of drug-likeness (QED) is 0.764. The molecular formula is C14H21BrClN. The lowest BCUT2D eigenvalue weighted by Crippen LogP contribution is -2.43. The van der Waals surface area contributed by atoms with Crippen LogP contribution in [0.1, 0.15) is 45.6 Å². The number of rotatable bonds is 6. The molecule has 0 aliphatic carbocycles. The Bertz CT molecular complexity index is 353. The Balaban J connectivity index is 2.75. The lowest BCUT2D eigenvalue weighted by molar-refractivity contribution is 0.288. The van der Waals surface area contributed by atoms with Gasteiger partial charge < -0.3 is 5.32 Å². The molecule has 0 aliphatic rings. The van der Waals surface area contributed by atoms with Crippen LogP contribution in [0.15, 0.2) is 22.7 Å². The summed E-state index contributed by atoms with van der Waals surface area (Å²) in [6, 6.07) is 5.99. The maximum Gasteiger partial charge on any atom is 0.0451 e. The van der Waals surface area contributed by atoms with Gasteiger partial charge in [-0.05, 0) is 43.0 Å². The molecule has 0 radical (unpaired) electrons. The van der Waals surface area contributed by atoms with E-state index < -0.39 is 0 Å². The third-order valence-corrected chi connectivity index (χ3v) is 4.55. The largest absolute Gasteiger partial charge is 0.307 e. The number of benzene rings is 1. The van der Waals surface area contributed by atoms with E-state index >= 15 is 0 Å². The van der Waals surface area contributed by atoms with Gasteiger partial charge in [0.1, 0.15) is 0 Å². The number of hydrogen-bond donors (Lipinski definition) is 1. The molecule has 1 aromatic rings. The monoisotopic (exact) mass is 317 g/mol. The van der Waals surface area contributed by atoms with E-state index in [1.165, 1.54) is 0 Å². The van der Waals surface area contributed by atoms with Crippen molar-refractivity contribution in [2.24, 2.45) is 0 Å². The van der Waals surface area contributed by atoms with Crippen LogP contribution in [0.3, 0.4) is 0 Å². The van der Waals surface area contributed by atoms with Crippen LogP contribution in [0, 0.1) is 0 Å². The molecule has 0 atom stereocenters. The molecule has 0 saturated carbocycles. The van der Waals surface area contributed by atoms with Crippen LogP contribution in [0.4, 0.5) is 0 Å². The van der Waals surface area contributed by atoms with E-state index in [0.717, 1.165) is 40.9 Å². The van der Waals surface area contributed by atoms with Crippen molar-refractivity contribution in [1.29, 1.82) is 0 Å². The SMILES string of the molecule is CCC(CC)(CC)NCc1cc(Br)ccc1Cl. The van der Waals surface area contributed by atoms with E-state index in [-0.39, 0.29) is 5.54 Å². The second-order valence-corrected chi connectivity index (χ2v) is 5.75. The van der Waals surface area contributed by atoms with E-state index in [0.29, 0.717) is 0 Å². The molecule has 0 unspecified atom stereocenters. The van der Waals surface area contributed by atoms with E-state index in [2.05, 4.69) is 48.1 Å². The van der Waals surface area contributed by atoms with Crippen LogP contribution in [-0.4, -0.2) is 5.54 Å². The molecule has 0 bridgehead atoms. The van der Waals surface area contributed by atoms with E-state index in [4.69, 9.17) is 11.6 Å². The number of halogens is 2. The summed E-state index contributed by atoms with van der Waals surface area (Å²) in [6.45, 7) is 7.54. The average Bonchev–Trinajstić information content (AvgIpc) is 2.35. The highest BCUT2D eigenvalue weighted by Gasteiger charge is 2.22. The highest BCUT2D eigenvalue weighted by molar-refractivity contribution is 9.10. The summed E-state index contributed by atoms with van der Waals surface area (Å²) in [5.41, 5.74) is 1.40. The minimum Gasteiger partial charge on any atom is -0.307 e. The fraction of sp³-hybridized carbons (Fsp3) is 0.571. The first-order valence-corrected chi connectivity index (χ1v) is 7.43. The van der Waals surface area contributed by atoms with Crippen LogP contribution in [0.5, 0.6) is 0 Å². The first-order valence-electron chi connectivity index (χ1n) is 6.26. The summed E-state index contributed by atoms with van der Waals surface area (Å²) in [5.74, 6) is 0. The van der Waals surface area contributed by atoms with Gasteiger partial charge in [0.05, 0.1) is 0 Å². The second-order valence-electron chi connectivity index (χ2n) is 4.43. The molecule has 0 saturated heterocycles. The zero-order chi connectivity index (χ0) is 12.9. The molecule has 0 spiro atoms. The normalized spacial score (nSPS) is 11.8. The zero-order valence-electron chi connectivity index (χ0n) is 10.8. The molecule has 17 heavy (non-hydrogen) atoms. The molecule has 0 fully saturated rings. The summed E-state index contributed by atoms with van der Waals surface area (Å²) < 4.78 is 1.08. The molecule has 1 nitrogen and oxygen atoms in total. The van der Waals surface area contributed by atoms with Crippen molar-refractivity contribution < 1.29 is 0 Å². The lowest BCUT2D eigenvalue weighted by Gasteiger charge is -2.32. The van der Waals surface area contributed by atoms with Crippen molar-refractivity contribution in [3.63, 3.8) is 0 Å². The van der Waals surface area contributed by atoms with E-state index in [1.807, 2.05) is 12.1 Å². The fourth-order valence-electron chi connectivity index (χ4n) is 2.09. The predicted molar refractivity (Wildman–Crippen MR) is 79.6 cm³/mol. The summed E-state index contributed by atoms with van der Waals surface area (Å²) in [6.07, 6.45) is 3.43. The van der Waals surface area contributed by atoms with Gasteiger partial charge >= 0.3 is 0 Å². The zero-order valence-corrected chi connectivity index (χ0v) is 13.2. The first kappa shape index (κ1) is 15.0. The molecule has 0 amide bonds. The second kappa shape index (κ2) is 6.77. The van der Waals surface area contributed by atoms with Crippen molar-refractivity contribution >= 4 is 27.5 Å². The smallest absolute Gasteiger partial charge is 0.0451 e. The Kier molecular flexibility index (Phi) is 5.98. The van der Waals surface area contributed by atoms with Gasteiger partial charge in [-0.2, -0.15) is 0 Å². The molecule has 0 aromatic heterocycles. The molecular weight excluding hydrogens is 298 g/mol. The van der Waals surface area contributed by atoms with Crippen molar-refractivity contribution in [2.75, 3.05) is 0 Å². The Morgan fingerprint density at radius 1 is 1.18 bits per heavy atom. The van der Waals surface area contributed by atoms with Crippen LogP contribution in [-0.2, 0) is 6.54 Å². The topological polar surface area (TPSA) is 12.0 Å². The molecule has 1 aromatic carbocycles. The lowest BCUT2D eigenvalue weighted by atomic mass is 9.89. The average molecular weight is 319 g/mol. The van der Waals surface area contributed by atoms with Gasteiger partial charge in [0, 0.05) is 21.6 Å². The Morgan fingerprint density at radius 2 is 1.76 bits per heavy atom. The third-order valence-electron chi connectivity index (χ3n) is 3.69. The summed E-state index contributed by atoms with van der Waals surface area (Å²) >= 11 is 9.68. The molecule has 1 N–H and O–H groups in total. The van der Waals surface area contributed by atoms with Crippen molar-refractivity contribution in [2.45, 2.75) is 52.1 Å². The van der Waals surface area contributed by atoms with Gasteiger partial charge in [0.25, 0.3) is 0 Å². The maximum atomic E-state index is 6.19. The van der Waals surface area contributed by atoms with Gasteiger partial charge in [0.15, 0.2) is 0 Å². The summed E-state index contributed by atoms with van der Waals surface area (Å²) in [4.78, 5) is 0. The van der Waals surface area contributed by atoms with Crippen molar-refractivity contribution in [3.8, 4) is 0 Å². The number of nitrogens with one attached hydrogen (secondary N) is 1. The van der Waals surface area contributed by atoms with E-state index in [9.17, 15) is 0 Å². The van der Waals surface area contributed by atoms with Gasteiger partial charge in [-0.3, -0.25) is 0 Å². The van der Waals surface area contributed by atoms with Crippen molar-refractivity contribution in [1.82, 2.24) is 5.32 Å². The summed E-state index contributed by atoms with van der Waals surface area (Å²) in [7, 11) is 0. The van der Waals surface area contributed by atoms with Gasteiger partial charge in [-0.15, -0.1) is 0 Å². The highest BCUT2D eigenvalue weighted by Crippen LogP contribution is 2.24. The Labute approximate surface area is 118 Å². The predicted octanol–water partition coefficient (Wildman–Crippen LogP) is 5.16. The minimum absolute atomic E-state index is 0.242. The van der Waals surface area contributed by atoms with Crippen LogP contribution < -0.4 is 5.32 Å². The summed E-state index contributed by atoms with van der Waals surface area (Å²) in [5, 5.41) is 4.49. The first-order chi connectivity index (χ1) is 8.06.